The van der Waals surface area contributed by atoms with Crippen molar-refractivity contribution in [3.8, 4) is 0 Å². The van der Waals surface area contributed by atoms with Crippen LogP contribution in [0, 0.1) is 6.92 Å². The summed E-state index contributed by atoms with van der Waals surface area (Å²) in [5.74, 6) is -1.75. The molecule has 18 heavy (non-hydrogen) atoms. The van der Waals surface area contributed by atoms with E-state index in [0.29, 0.717) is 21.3 Å². The van der Waals surface area contributed by atoms with Gasteiger partial charge in [0, 0.05) is 4.88 Å². The summed E-state index contributed by atoms with van der Waals surface area (Å²) in [6.45, 7) is 3.67. The third-order valence-electron chi connectivity index (χ3n) is 2.25. The Morgan fingerprint density at radius 2 is 2.11 bits per heavy atom. The zero-order valence-electron chi connectivity index (χ0n) is 10.2. The molecule has 0 spiro atoms. The molecule has 0 aliphatic heterocycles. The fourth-order valence-corrected chi connectivity index (χ4v) is 3.88. The van der Waals surface area contributed by atoms with E-state index in [1.807, 2.05) is 6.92 Å². The van der Waals surface area contributed by atoms with E-state index in [9.17, 15) is 9.59 Å². The maximum Gasteiger partial charge on any atom is 0.317 e. The zero-order valence-corrected chi connectivity index (χ0v) is 11.8. The minimum atomic E-state index is -0.901. The van der Waals surface area contributed by atoms with E-state index < -0.39 is 17.2 Å². The molecule has 1 aromatic heterocycles. The minimum Gasteiger partial charge on any atom is -0.481 e. The lowest BCUT2D eigenvalue weighted by Crippen LogP contribution is -2.15. The molecule has 0 saturated heterocycles. The van der Waals surface area contributed by atoms with Crippen molar-refractivity contribution in [2.24, 2.45) is 0 Å². The zero-order chi connectivity index (χ0) is 13.7. The number of thiazole rings is 1. The van der Waals surface area contributed by atoms with Crippen LogP contribution in [-0.4, -0.2) is 32.4 Å². The summed E-state index contributed by atoms with van der Waals surface area (Å²) < 4.78 is 0.629. The third kappa shape index (κ3) is 4.30. The molecule has 100 valence electrons. The second-order valence-electron chi connectivity index (χ2n) is 3.79. The molecule has 0 aliphatic rings. The normalized spacial score (nSPS) is 12.3. The first kappa shape index (κ1) is 15.0. The Bertz CT molecular complexity index is 444. The monoisotopic (exact) mass is 289 g/mol. The van der Waals surface area contributed by atoms with Gasteiger partial charge >= 0.3 is 11.9 Å². The Labute approximate surface area is 113 Å². The molecule has 1 heterocycles. The first-order chi connectivity index (χ1) is 8.43. The molecule has 0 aromatic carbocycles. The summed E-state index contributed by atoms with van der Waals surface area (Å²) in [7, 11) is 0. The Morgan fingerprint density at radius 3 is 2.61 bits per heavy atom. The summed E-state index contributed by atoms with van der Waals surface area (Å²) >= 11 is 2.47. The molecule has 1 atom stereocenters. The van der Waals surface area contributed by atoms with Gasteiger partial charge in [0.1, 0.15) is 5.25 Å². The average Bonchev–Trinajstić information content (AvgIpc) is 2.57. The first-order valence-corrected chi connectivity index (χ1v) is 7.21. The van der Waals surface area contributed by atoms with Crippen molar-refractivity contribution >= 4 is 35.0 Å². The standard InChI is InChI=1S/C11H15NO4S2/c1-3-4-7(10(15)16)17-11-12-6(2)8(18-11)5-9(13)14/h7H,3-5H2,1-2H3,(H,13,14)(H,15,16). The van der Waals surface area contributed by atoms with Crippen LogP contribution in [0.4, 0.5) is 0 Å². The van der Waals surface area contributed by atoms with Gasteiger partial charge in [-0.1, -0.05) is 25.1 Å². The van der Waals surface area contributed by atoms with E-state index in [1.165, 1.54) is 23.1 Å². The van der Waals surface area contributed by atoms with Crippen molar-refractivity contribution < 1.29 is 19.8 Å². The molecule has 1 unspecified atom stereocenters. The van der Waals surface area contributed by atoms with Crippen LogP contribution in [0.25, 0.3) is 0 Å². The molecular formula is C11H15NO4S2. The van der Waals surface area contributed by atoms with Gasteiger partial charge in [-0.2, -0.15) is 0 Å². The molecule has 0 fully saturated rings. The SMILES string of the molecule is CCCC(Sc1nc(C)c(CC(=O)O)s1)C(=O)O. The number of rotatable bonds is 7. The third-order valence-corrected chi connectivity index (χ3v) is 4.76. The predicted octanol–water partition coefficient (Wildman–Crippen LogP) is 2.42. The van der Waals surface area contributed by atoms with Crippen molar-refractivity contribution in [2.75, 3.05) is 0 Å². The van der Waals surface area contributed by atoms with Gasteiger partial charge in [-0.25, -0.2) is 4.98 Å². The maximum absolute atomic E-state index is 11.0. The summed E-state index contributed by atoms with van der Waals surface area (Å²) in [6, 6.07) is 0. The lowest BCUT2D eigenvalue weighted by atomic mass is 10.2. The smallest absolute Gasteiger partial charge is 0.317 e. The number of aryl methyl sites for hydroxylation is 1. The second kappa shape index (κ2) is 6.75. The van der Waals surface area contributed by atoms with Crippen molar-refractivity contribution in [3.05, 3.63) is 10.6 Å². The molecule has 0 radical (unpaired) electrons. The van der Waals surface area contributed by atoms with Crippen molar-refractivity contribution in [2.45, 2.75) is 42.7 Å². The number of nitrogens with zero attached hydrogens (tertiary/aromatic N) is 1. The Kier molecular flexibility index (Phi) is 5.61. The highest BCUT2D eigenvalue weighted by Crippen LogP contribution is 2.32. The highest BCUT2D eigenvalue weighted by atomic mass is 32.2. The molecule has 7 heteroatoms. The molecule has 1 rings (SSSR count). The molecular weight excluding hydrogens is 274 g/mol. The molecule has 1 aromatic rings. The Morgan fingerprint density at radius 1 is 1.44 bits per heavy atom. The van der Waals surface area contributed by atoms with E-state index >= 15 is 0 Å². The predicted molar refractivity (Wildman–Crippen MR) is 70.4 cm³/mol. The van der Waals surface area contributed by atoms with Crippen LogP contribution >= 0.6 is 23.1 Å². The highest BCUT2D eigenvalue weighted by molar-refractivity contribution is 8.02. The quantitative estimate of drug-likeness (QED) is 0.750. The summed E-state index contributed by atoms with van der Waals surface area (Å²) in [4.78, 5) is 26.6. The van der Waals surface area contributed by atoms with Crippen LogP contribution in [0.5, 0.6) is 0 Å². The number of hydrogen-bond acceptors (Lipinski definition) is 5. The van der Waals surface area contributed by atoms with Crippen molar-refractivity contribution in [3.63, 3.8) is 0 Å². The van der Waals surface area contributed by atoms with Gasteiger partial charge in [0.2, 0.25) is 0 Å². The number of carboxylic acid groups (broad SMARTS) is 2. The summed E-state index contributed by atoms with van der Waals surface area (Å²) in [5, 5.41) is 17.3. The Balaban J connectivity index is 2.77. The molecule has 0 bridgehead atoms. The van der Waals surface area contributed by atoms with Gasteiger partial charge < -0.3 is 10.2 Å². The Hall–Kier alpha value is -1.08. The lowest BCUT2D eigenvalue weighted by Gasteiger charge is -2.07. The van der Waals surface area contributed by atoms with Gasteiger partial charge in [0.15, 0.2) is 4.34 Å². The largest absolute Gasteiger partial charge is 0.481 e. The van der Waals surface area contributed by atoms with Gasteiger partial charge in [0.05, 0.1) is 12.1 Å². The van der Waals surface area contributed by atoms with E-state index in [1.54, 1.807) is 6.92 Å². The molecule has 2 N–H and O–H groups in total. The number of hydrogen-bond donors (Lipinski definition) is 2. The minimum absolute atomic E-state index is 0.0599. The second-order valence-corrected chi connectivity index (χ2v) is 6.33. The van der Waals surface area contributed by atoms with Gasteiger partial charge in [0.25, 0.3) is 0 Å². The molecule has 0 aliphatic carbocycles. The molecule has 5 nitrogen and oxygen atoms in total. The van der Waals surface area contributed by atoms with E-state index in [-0.39, 0.29) is 6.42 Å². The lowest BCUT2D eigenvalue weighted by molar-refractivity contribution is -0.137. The first-order valence-electron chi connectivity index (χ1n) is 5.51. The van der Waals surface area contributed by atoms with Crippen LogP contribution in [0.15, 0.2) is 4.34 Å². The number of aromatic nitrogens is 1. The number of carboxylic acids is 2. The number of thioether (sulfide) groups is 1. The average molecular weight is 289 g/mol. The van der Waals surface area contributed by atoms with Crippen LogP contribution in [0.1, 0.15) is 30.3 Å². The fraction of sp³-hybridized carbons (Fsp3) is 0.545. The van der Waals surface area contributed by atoms with Gasteiger partial charge in [-0.3, -0.25) is 9.59 Å². The van der Waals surface area contributed by atoms with E-state index in [2.05, 4.69) is 4.98 Å². The van der Waals surface area contributed by atoms with E-state index in [0.717, 1.165) is 6.42 Å². The van der Waals surface area contributed by atoms with Crippen LogP contribution in [0.3, 0.4) is 0 Å². The molecule has 0 amide bonds. The summed E-state index contributed by atoms with van der Waals surface area (Å²) in [5.41, 5.74) is 0.672. The van der Waals surface area contributed by atoms with Gasteiger partial charge in [-0.15, -0.1) is 11.3 Å². The summed E-state index contributed by atoms with van der Waals surface area (Å²) in [6.07, 6.45) is 1.30. The number of carbonyl (C=O) groups is 2. The topological polar surface area (TPSA) is 87.5 Å². The van der Waals surface area contributed by atoms with E-state index in [4.69, 9.17) is 10.2 Å². The molecule has 0 saturated carbocycles. The fourth-order valence-electron chi connectivity index (χ4n) is 1.37. The van der Waals surface area contributed by atoms with Gasteiger partial charge in [-0.05, 0) is 13.3 Å². The van der Waals surface area contributed by atoms with Crippen LogP contribution in [0.2, 0.25) is 0 Å². The number of aliphatic carboxylic acids is 2. The van der Waals surface area contributed by atoms with Crippen LogP contribution in [-0.2, 0) is 16.0 Å². The maximum atomic E-state index is 11.0. The highest BCUT2D eigenvalue weighted by Gasteiger charge is 2.21. The van der Waals surface area contributed by atoms with Crippen LogP contribution < -0.4 is 0 Å². The van der Waals surface area contributed by atoms with Crippen molar-refractivity contribution in [1.82, 2.24) is 4.98 Å². The van der Waals surface area contributed by atoms with Crippen molar-refractivity contribution in [1.29, 1.82) is 0 Å².